The zero-order chi connectivity index (χ0) is 14.5. The van der Waals surface area contributed by atoms with Crippen molar-refractivity contribution >= 4 is 5.91 Å². The van der Waals surface area contributed by atoms with Crippen LogP contribution < -0.4 is 10.6 Å². The summed E-state index contributed by atoms with van der Waals surface area (Å²) >= 11 is 0. The molecule has 5 nitrogen and oxygen atoms in total. The van der Waals surface area contributed by atoms with Gasteiger partial charge in [-0.2, -0.15) is 0 Å². The molecule has 5 heteroatoms. The number of ether oxygens (including phenoxy) is 1. The standard InChI is InChI=1S/C14H29N3O2/c1-11(14(2,3)10-17(4)5)16-13(18)8-12-9-19-7-6-15-12/h11-12,15H,6-10H2,1-5H3,(H,16,18). The van der Waals surface area contributed by atoms with Crippen LogP contribution in [0.2, 0.25) is 0 Å². The molecule has 1 saturated heterocycles. The summed E-state index contributed by atoms with van der Waals surface area (Å²) in [6.07, 6.45) is 0.488. The van der Waals surface area contributed by atoms with Gasteiger partial charge in [0.05, 0.1) is 13.2 Å². The molecular formula is C14H29N3O2. The van der Waals surface area contributed by atoms with Gasteiger partial charge in [0.2, 0.25) is 5.91 Å². The van der Waals surface area contributed by atoms with Crippen molar-refractivity contribution < 1.29 is 9.53 Å². The van der Waals surface area contributed by atoms with Gasteiger partial charge in [-0.25, -0.2) is 0 Å². The zero-order valence-corrected chi connectivity index (χ0v) is 13.0. The van der Waals surface area contributed by atoms with Crippen LogP contribution in [0.15, 0.2) is 0 Å². The molecule has 1 fully saturated rings. The molecule has 0 aromatic carbocycles. The van der Waals surface area contributed by atoms with E-state index in [4.69, 9.17) is 4.74 Å². The topological polar surface area (TPSA) is 53.6 Å². The Bertz CT molecular complexity index is 286. The normalized spacial score (nSPS) is 22.3. The highest BCUT2D eigenvalue weighted by molar-refractivity contribution is 5.77. The third kappa shape index (κ3) is 5.89. The van der Waals surface area contributed by atoms with Gasteiger partial charge in [-0.15, -0.1) is 0 Å². The quantitative estimate of drug-likeness (QED) is 0.737. The highest BCUT2D eigenvalue weighted by Crippen LogP contribution is 2.21. The van der Waals surface area contributed by atoms with Crippen molar-refractivity contribution in [1.29, 1.82) is 0 Å². The minimum Gasteiger partial charge on any atom is -0.378 e. The summed E-state index contributed by atoms with van der Waals surface area (Å²) in [5.74, 6) is 0.0994. The second kappa shape index (κ2) is 7.22. The Morgan fingerprint density at radius 3 is 2.74 bits per heavy atom. The highest BCUT2D eigenvalue weighted by atomic mass is 16.5. The van der Waals surface area contributed by atoms with Gasteiger partial charge in [-0.1, -0.05) is 13.8 Å². The van der Waals surface area contributed by atoms with Crippen molar-refractivity contribution in [2.24, 2.45) is 5.41 Å². The van der Waals surface area contributed by atoms with E-state index in [2.05, 4.69) is 50.4 Å². The van der Waals surface area contributed by atoms with Crippen molar-refractivity contribution in [3.8, 4) is 0 Å². The number of carbonyl (C=O) groups is 1. The fourth-order valence-electron chi connectivity index (χ4n) is 2.42. The van der Waals surface area contributed by atoms with E-state index >= 15 is 0 Å². The maximum absolute atomic E-state index is 12.0. The second-order valence-corrected chi connectivity index (χ2v) is 6.45. The van der Waals surface area contributed by atoms with E-state index in [1.807, 2.05) is 0 Å². The molecule has 2 N–H and O–H groups in total. The first-order valence-corrected chi connectivity index (χ1v) is 7.06. The molecule has 0 spiro atoms. The molecule has 0 aliphatic carbocycles. The van der Waals surface area contributed by atoms with Crippen LogP contribution in [0.1, 0.15) is 27.2 Å². The Labute approximate surface area is 117 Å². The molecular weight excluding hydrogens is 242 g/mol. The fraction of sp³-hybridized carbons (Fsp3) is 0.929. The fourth-order valence-corrected chi connectivity index (χ4v) is 2.42. The van der Waals surface area contributed by atoms with Crippen molar-refractivity contribution in [2.45, 2.75) is 39.3 Å². The smallest absolute Gasteiger partial charge is 0.221 e. The number of morpholine rings is 1. The van der Waals surface area contributed by atoms with Crippen molar-refractivity contribution in [3.05, 3.63) is 0 Å². The van der Waals surface area contributed by atoms with Crippen LogP contribution in [0, 0.1) is 5.41 Å². The lowest BCUT2D eigenvalue weighted by Crippen LogP contribution is -2.50. The average molecular weight is 271 g/mol. The lowest BCUT2D eigenvalue weighted by atomic mass is 9.85. The van der Waals surface area contributed by atoms with Crippen molar-refractivity contribution in [1.82, 2.24) is 15.5 Å². The molecule has 1 heterocycles. The van der Waals surface area contributed by atoms with E-state index in [0.29, 0.717) is 13.0 Å². The van der Waals surface area contributed by atoms with Crippen molar-refractivity contribution in [3.63, 3.8) is 0 Å². The Balaban J connectivity index is 2.37. The van der Waals surface area contributed by atoms with Crippen LogP contribution in [0.25, 0.3) is 0 Å². The number of nitrogens with zero attached hydrogens (tertiary/aromatic N) is 1. The van der Waals surface area contributed by atoms with Gasteiger partial charge in [-0.05, 0) is 26.4 Å². The Morgan fingerprint density at radius 2 is 2.21 bits per heavy atom. The number of carbonyl (C=O) groups excluding carboxylic acids is 1. The molecule has 0 bridgehead atoms. The van der Waals surface area contributed by atoms with E-state index in [1.165, 1.54) is 0 Å². The van der Waals surface area contributed by atoms with Gasteiger partial charge in [0.15, 0.2) is 0 Å². The van der Waals surface area contributed by atoms with Crippen LogP contribution in [-0.2, 0) is 9.53 Å². The maximum Gasteiger partial charge on any atom is 0.221 e. The molecule has 2 unspecified atom stereocenters. The van der Waals surface area contributed by atoms with Crippen molar-refractivity contribution in [2.75, 3.05) is 40.4 Å². The summed E-state index contributed by atoms with van der Waals surface area (Å²) < 4.78 is 5.36. The third-order valence-corrected chi connectivity index (χ3v) is 3.70. The molecule has 1 rings (SSSR count). The summed E-state index contributed by atoms with van der Waals surface area (Å²) in [7, 11) is 4.11. The minimum atomic E-state index is 0.0512. The number of hydrogen-bond acceptors (Lipinski definition) is 4. The molecule has 1 amide bonds. The van der Waals surface area contributed by atoms with Gasteiger partial charge in [0.1, 0.15) is 0 Å². The molecule has 0 radical (unpaired) electrons. The Hall–Kier alpha value is -0.650. The molecule has 0 aromatic rings. The number of nitrogens with one attached hydrogen (secondary N) is 2. The van der Waals surface area contributed by atoms with Crippen LogP contribution in [0.4, 0.5) is 0 Å². The molecule has 2 atom stereocenters. The lowest BCUT2D eigenvalue weighted by molar-refractivity contribution is -0.123. The molecule has 1 aliphatic heterocycles. The van der Waals surface area contributed by atoms with Gasteiger partial charge < -0.3 is 20.3 Å². The molecule has 0 aromatic heterocycles. The first kappa shape index (κ1) is 16.4. The zero-order valence-electron chi connectivity index (χ0n) is 13.0. The van der Waals surface area contributed by atoms with Crippen LogP contribution >= 0.6 is 0 Å². The van der Waals surface area contributed by atoms with E-state index in [1.54, 1.807) is 0 Å². The summed E-state index contributed by atoms with van der Waals surface area (Å²) in [6, 6.07) is 0.296. The highest BCUT2D eigenvalue weighted by Gasteiger charge is 2.28. The molecule has 112 valence electrons. The molecule has 19 heavy (non-hydrogen) atoms. The van der Waals surface area contributed by atoms with Crippen LogP contribution in [-0.4, -0.2) is 63.3 Å². The largest absolute Gasteiger partial charge is 0.378 e. The van der Waals surface area contributed by atoms with E-state index in [9.17, 15) is 4.79 Å². The maximum atomic E-state index is 12.0. The monoisotopic (exact) mass is 271 g/mol. The second-order valence-electron chi connectivity index (χ2n) is 6.45. The SMILES string of the molecule is CC(NC(=O)CC1COCCN1)C(C)(C)CN(C)C. The summed E-state index contributed by atoms with van der Waals surface area (Å²) in [5, 5.41) is 6.41. The van der Waals surface area contributed by atoms with E-state index in [-0.39, 0.29) is 23.4 Å². The van der Waals surface area contributed by atoms with E-state index < -0.39 is 0 Å². The molecule has 0 saturated carbocycles. The molecule has 1 aliphatic rings. The van der Waals surface area contributed by atoms with Crippen LogP contribution in [0.3, 0.4) is 0 Å². The predicted molar refractivity (Wildman–Crippen MR) is 77.2 cm³/mol. The van der Waals surface area contributed by atoms with Crippen LogP contribution in [0.5, 0.6) is 0 Å². The Kier molecular flexibility index (Phi) is 6.23. The first-order chi connectivity index (χ1) is 8.81. The van der Waals surface area contributed by atoms with Gasteiger partial charge in [0, 0.05) is 31.6 Å². The number of hydrogen-bond donors (Lipinski definition) is 2. The van der Waals surface area contributed by atoms with Gasteiger partial charge in [0.25, 0.3) is 0 Å². The third-order valence-electron chi connectivity index (χ3n) is 3.70. The predicted octanol–water partition coefficient (Wildman–Crippen LogP) is 0.457. The minimum absolute atomic E-state index is 0.0512. The summed E-state index contributed by atoms with van der Waals surface area (Å²) in [4.78, 5) is 14.2. The van der Waals surface area contributed by atoms with Gasteiger partial charge >= 0.3 is 0 Å². The number of amides is 1. The van der Waals surface area contributed by atoms with E-state index in [0.717, 1.165) is 19.7 Å². The summed E-state index contributed by atoms with van der Waals surface area (Å²) in [6.45, 7) is 9.58. The average Bonchev–Trinajstić information content (AvgIpc) is 2.28. The number of rotatable bonds is 6. The Morgan fingerprint density at radius 1 is 1.53 bits per heavy atom. The first-order valence-electron chi connectivity index (χ1n) is 7.06. The van der Waals surface area contributed by atoms with Gasteiger partial charge in [-0.3, -0.25) is 4.79 Å². The lowest BCUT2D eigenvalue weighted by Gasteiger charge is -2.35. The summed E-state index contributed by atoms with van der Waals surface area (Å²) in [5.41, 5.74) is 0.0512.